The van der Waals surface area contributed by atoms with Crippen LogP contribution in [0.25, 0.3) is 0 Å². The smallest absolute Gasteiger partial charge is 0.277 e. The van der Waals surface area contributed by atoms with Crippen LogP contribution in [0, 0.1) is 0 Å². The maximum atomic E-state index is 11.9. The van der Waals surface area contributed by atoms with E-state index in [0.717, 1.165) is 11.3 Å². The van der Waals surface area contributed by atoms with Crippen LogP contribution in [0.1, 0.15) is 56.1 Å². The normalized spacial score (nSPS) is 15.4. The number of hydrazone groups is 1. The first kappa shape index (κ1) is 19.4. The number of hydrogen-bond donors (Lipinski definition) is 1. The van der Waals surface area contributed by atoms with Crippen LogP contribution in [0.4, 0.5) is 0 Å². The second kappa shape index (κ2) is 9.56. The number of halogens is 1. The molecular weight excluding hydrogens is 360 g/mol. The number of carbonyl (C=O) groups excluding carboxylic acids is 1. The maximum absolute atomic E-state index is 11.9. The van der Waals surface area contributed by atoms with Crippen molar-refractivity contribution in [3.63, 3.8) is 0 Å². The van der Waals surface area contributed by atoms with Crippen LogP contribution in [0.3, 0.4) is 0 Å². The van der Waals surface area contributed by atoms with Gasteiger partial charge in [-0.2, -0.15) is 5.10 Å². The number of ether oxygens (including phenoxy) is 1. The summed E-state index contributed by atoms with van der Waals surface area (Å²) in [6.45, 7) is 1.79. The zero-order valence-electron chi connectivity index (χ0n) is 15.6. The second-order valence-corrected chi connectivity index (χ2v) is 7.37. The van der Waals surface area contributed by atoms with Gasteiger partial charge in [-0.3, -0.25) is 4.79 Å². The first-order valence-electron chi connectivity index (χ1n) is 9.43. The van der Waals surface area contributed by atoms with E-state index in [9.17, 15) is 4.79 Å². The molecule has 0 unspecified atom stereocenters. The third-order valence-electron chi connectivity index (χ3n) is 4.94. The highest BCUT2D eigenvalue weighted by Crippen LogP contribution is 2.32. The van der Waals surface area contributed by atoms with Gasteiger partial charge in [-0.05, 0) is 61.1 Å². The predicted octanol–water partition coefficient (Wildman–Crippen LogP) is 5.31. The molecule has 0 radical (unpaired) electrons. The van der Waals surface area contributed by atoms with Gasteiger partial charge in [0.2, 0.25) is 0 Å². The van der Waals surface area contributed by atoms with Crippen LogP contribution in [0.5, 0.6) is 5.75 Å². The van der Waals surface area contributed by atoms with E-state index in [-0.39, 0.29) is 12.5 Å². The minimum absolute atomic E-state index is 0.0982. The fourth-order valence-corrected chi connectivity index (χ4v) is 3.48. The number of hydrogen-bond acceptors (Lipinski definition) is 3. The van der Waals surface area contributed by atoms with Crippen LogP contribution in [0.2, 0.25) is 5.02 Å². The largest absolute Gasteiger partial charge is 0.484 e. The Morgan fingerprint density at radius 3 is 2.41 bits per heavy atom. The Labute approximate surface area is 165 Å². The summed E-state index contributed by atoms with van der Waals surface area (Å²) >= 11 is 5.82. The molecule has 27 heavy (non-hydrogen) atoms. The molecule has 2 aromatic carbocycles. The molecule has 0 aromatic heterocycles. The Balaban J connectivity index is 1.50. The third kappa shape index (κ3) is 5.83. The summed E-state index contributed by atoms with van der Waals surface area (Å²) < 4.78 is 5.40. The van der Waals surface area contributed by atoms with Crippen LogP contribution in [-0.4, -0.2) is 18.2 Å². The van der Waals surface area contributed by atoms with Crippen LogP contribution in [-0.2, 0) is 4.79 Å². The molecule has 4 nitrogen and oxygen atoms in total. The number of carbonyl (C=O) groups is 1. The van der Waals surface area contributed by atoms with Crippen molar-refractivity contribution in [3.8, 4) is 5.75 Å². The molecule has 0 saturated heterocycles. The SMILES string of the molecule is CC(=NNC(=O)COc1ccc(Cl)cc1)c1ccc(C2CCCCC2)cc1. The average molecular weight is 385 g/mol. The highest BCUT2D eigenvalue weighted by atomic mass is 35.5. The Kier molecular flexibility index (Phi) is 6.88. The summed E-state index contributed by atoms with van der Waals surface area (Å²) in [6.07, 6.45) is 6.60. The van der Waals surface area contributed by atoms with Gasteiger partial charge in [0.05, 0.1) is 5.71 Å². The van der Waals surface area contributed by atoms with Gasteiger partial charge in [0.1, 0.15) is 5.75 Å². The fourth-order valence-electron chi connectivity index (χ4n) is 3.36. The quantitative estimate of drug-likeness (QED) is 0.542. The average Bonchev–Trinajstić information content (AvgIpc) is 2.72. The lowest BCUT2D eigenvalue weighted by atomic mass is 9.84. The van der Waals surface area contributed by atoms with Crippen LogP contribution >= 0.6 is 11.6 Å². The summed E-state index contributed by atoms with van der Waals surface area (Å²) in [5, 5.41) is 4.81. The van der Waals surface area contributed by atoms with Crippen molar-refractivity contribution in [2.24, 2.45) is 5.10 Å². The number of amides is 1. The van der Waals surface area contributed by atoms with E-state index in [1.807, 2.05) is 6.92 Å². The molecule has 1 aliphatic rings. The highest BCUT2D eigenvalue weighted by Gasteiger charge is 2.15. The van der Waals surface area contributed by atoms with Gasteiger partial charge < -0.3 is 4.74 Å². The zero-order chi connectivity index (χ0) is 19.1. The monoisotopic (exact) mass is 384 g/mol. The topological polar surface area (TPSA) is 50.7 Å². The van der Waals surface area contributed by atoms with Crippen molar-refractivity contribution in [1.29, 1.82) is 0 Å². The van der Waals surface area contributed by atoms with Crippen LogP contribution in [0.15, 0.2) is 53.6 Å². The number of benzene rings is 2. The summed E-state index contributed by atoms with van der Waals surface area (Å²) in [7, 11) is 0. The first-order valence-corrected chi connectivity index (χ1v) is 9.81. The van der Waals surface area contributed by atoms with Gasteiger partial charge in [-0.25, -0.2) is 5.43 Å². The van der Waals surface area contributed by atoms with Crippen molar-refractivity contribution in [1.82, 2.24) is 5.43 Å². The van der Waals surface area contributed by atoms with E-state index in [0.29, 0.717) is 16.7 Å². The summed E-state index contributed by atoms with van der Waals surface area (Å²) in [4.78, 5) is 11.9. The molecule has 142 valence electrons. The minimum atomic E-state index is -0.303. The lowest BCUT2D eigenvalue weighted by Crippen LogP contribution is -2.25. The molecular formula is C22H25ClN2O2. The molecule has 0 heterocycles. The molecule has 0 spiro atoms. The van der Waals surface area contributed by atoms with Crippen molar-refractivity contribution in [3.05, 3.63) is 64.7 Å². The minimum Gasteiger partial charge on any atom is -0.484 e. The van der Waals surface area contributed by atoms with Crippen molar-refractivity contribution >= 4 is 23.2 Å². The lowest BCUT2D eigenvalue weighted by molar-refractivity contribution is -0.123. The van der Waals surface area contributed by atoms with Gasteiger partial charge in [-0.15, -0.1) is 0 Å². The van der Waals surface area contributed by atoms with E-state index >= 15 is 0 Å². The molecule has 1 fully saturated rings. The number of nitrogens with one attached hydrogen (secondary N) is 1. The molecule has 5 heteroatoms. The molecule has 1 saturated carbocycles. The summed E-state index contributed by atoms with van der Waals surface area (Å²) in [5.74, 6) is 0.978. The van der Waals surface area contributed by atoms with Gasteiger partial charge in [0.15, 0.2) is 6.61 Å². The maximum Gasteiger partial charge on any atom is 0.277 e. The summed E-state index contributed by atoms with van der Waals surface area (Å²) in [5.41, 5.74) is 5.72. The highest BCUT2D eigenvalue weighted by molar-refractivity contribution is 6.30. The summed E-state index contributed by atoms with van der Waals surface area (Å²) in [6, 6.07) is 15.4. The van der Waals surface area contributed by atoms with E-state index in [1.165, 1.54) is 37.7 Å². The van der Waals surface area contributed by atoms with E-state index in [4.69, 9.17) is 16.3 Å². The van der Waals surface area contributed by atoms with E-state index < -0.39 is 0 Å². The molecule has 0 bridgehead atoms. The third-order valence-corrected chi connectivity index (χ3v) is 5.19. The van der Waals surface area contributed by atoms with Gasteiger partial charge in [0.25, 0.3) is 5.91 Å². The number of nitrogens with zero attached hydrogens (tertiary/aromatic N) is 1. The molecule has 2 aromatic rings. The number of rotatable bonds is 6. The molecule has 1 aliphatic carbocycles. The Bertz CT molecular complexity index is 779. The van der Waals surface area contributed by atoms with Gasteiger partial charge in [0, 0.05) is 5.02 Å². The van der Waals surface area contributed by atoms with E-state index in [2.05, 4.69) is 34.8 Å². The van der Waals surface area contributed by atoms with Crippen molar-refractivity contribution in [2.45, 2.75) is 44.9 Å². The van der Waals surface area contributed by atoms with Crippen molar-refractivity contribution < 1.29 is 9.53 Å². The molecule has 0 aliphatic heterocycles. The molecule has 3 rings (SSSR count). The van der Waals surface area contributed by atoms with Gasteiger partial charge >= 0.3 is 0 Å². The lowest BCUT2D eigenvalue weighted by Gasteiger charge is -2.22. The molecule has 1 amide bonds. The van der Waals surface area contributed by atoms with E-state index in [1.54, 1.807) is 24.3 Å². The van der Waals surface area contributed by atoms with Gasteiger partial charge in [-0.1, -0.05) is 55.1 Å². The predicted molar refractivity (Wildman–Crippen MR) is 110 cm³/mol. The van der Waals surface area contributed by atoms with Crippen LogP contribution < -0.4 is 10.2 Å². The first-order chi connectivity index (χ1) is 13.1. The standard InChI is InChI=1S/C22H25ClN2O2/c1-16(17-7-9-19(10-8-17)18-5-3-2-4-6-18)24-25-22(26)15-27-21-13-11-20(23)12-14-21/h7-14,18H,2-6,15H2,1H3,(H,25,26). The Morgan fingerprint density at radius 1 is 1.07 bits per heavy atom. The molecule has 0 atom stereocenters. The Hall–Kier alpha value is -2.33. The Morgan fingerprint density at radius 2 is 1.74 bits per heavy atom. The zero-order valence-corrected chi connectivity index (χ0v) is 16.3. The fraction of sp³-hybridized carbons (Fsp3) is 0.364. The van der Waals surface area contributed by atoms with Crippen molar-refractivity contribution in [2.75, 3.05) is 6.61 Å². The second-order valence-electron chi connectivity index (χ2n) is 6.93. The molecule has 1 N–H and O–H groups in total.